The van der Waals surface area contributed by atoms with Crippen LogP contribution >= 0.6 is 0 Å². The number of carbonyl (C=O) groups excluding carboxylic acids is 1. The number of likely N-dealkylation sites (tertiary alicyclic amines) is 1. The highest BCUT2D eigenvalue weighted by Gasteiger charge is 2.40. The molecule has 5 heteroatoms. The van der Waals surface area contributed by atoms with Gasteiger partial charge in [-0.3, -0.25) is 4.79 Å². The van der Waals surface area contributed by atoms with E-state index >= 15 is 0 Å². The maximum atomic E-state index is 13.3. The van der Waals surface area contributed by atoms with Gasteiger partial charge in [0.05, 0.1) is 18.1 Å². The fourth-order valence-electron chi connectivity index (χ4n) is 4.87. The number of piperidine rings is 1. The molecule has 3 aliphatic rings. The van der Waals surface area contributed by atoms with Crippen LogP contribution in [0.5, 0.6) is 0 Å². The molecular formula is C22H28N4O. The van der Waals surface area contributed by atoms with Crippen molar-refractivity contribution in [2.45, 2.75) is 38.1 Å². The van der Waals surface area contributed by atoms with Crippen molar-refractivity contribution in [1.82, 2.24) is 19.8 Å². The van der Waals surface area contributed by atoms with Crippen molar-refractivity contribution in [2.24, 2.45) is 11.8 Å². The molecule has 1 aromatic carbocycles. The van der Waals surface area contributed by atoms with Crippen molar-refractivity contribution in [3.63, 3.8) is 0 Å². The quantitative estimate of drug-likeness (QED) is 0.906. The lowest BCUT2D eigenvalue weighted by atomic mass is 9.83. The minimum Gasteiger partial charge on any atom is -0.348 e. The lowest BCUT2D eigenvalue weighted by Crippen LogP contribution is -2.46. The summed E-state index contributed by atoms with van der Waals surface area (Å²) >= 11 is 0. The van der Waals surface area contributed by atoms with E-state index in [9.17, 15) is 4.79 Å². The van der Waals surface area contributed by atoms with Gasteiger partial charge >= 0.3 is 0 Å². The number of amides is 1. The second kappa shape index (κ2) is 7.12. The van der Waals surface area contributed by atoms with Gasteiger partial charge in [-0.1, -0.05) is 18.2 Å². The molecule has 1 saturated heterocycles. The van der Waals surface area contributed by atoms with E-state index in [1.807, 2.05) is 30.3 Å². The third kappa shape index (κ3) is 3.41. The number of aromatic amines is 1. The highest BCUT2D eigenvalue weighted by atomic mass is 16.2. The molecule has 2 fully saturated rings. The van der Waals surface area contributed by atoms with Crippen LogP contribution < -0.4 is 0 Å². The number of imidazole rings is 1. The summed E-state index contributed by atoms with van der Waals surface area (Å²) in [6.07, 6.45) is 7.81. The molecule has 5 rings (SSSR count). The number of nitrogens with one attached hydrogen (secondary N) is 1. The SMILES string of the molecule is O=C(c1ccccc1)N1CCc2[nH]cnc2C1C1CCN(CC2CC2)CC1. The zero-order valence-corrected chi connectivity index (χ0v) is 15.8. The van der Waals surface area contributed by atoms with E-state index in [-0.39, 0.29) is 11.9 Å². The Kier molecular flexibility index (Phi) is 4.48. The Bertz CT molecular complexity index is 790. The van der Waals surface area contributed by atoms with E-state index in [1.54, 1.807) is 6.33 Å². The van der Waals surface area contributed by atoms with Crippen molar-refractivity contribution in [2.75, 3.05) is 26.2 Å². The van der Waals surface area contributed by atoms with Gasteiger partial charge in [0, 0.05) is 30.8 Å². The first-order valence-electron chi connectivity index (χ1n) is 10.4. The summed E-state index contributed by atoms with van der Waals surface area (Å²) in [6.45, 7) is 4.36. The Morgan fingerprint density at radius 1 is 1.07 bits per heavy atom. The van der Waals surface area contributed by atoms with Gasteiger partial charge in [0.25, 0.3) is 5.91 Å². The summed E-state index contributed by atoms with van der Waals surface area (Å²) in [5.41, 5.74) is 3.11. The van der Waals surface area contributed by atoms with E-state index < -0.39 is 0 Å². The van der Waals surface area contributed by atoms with Crippen LogP contribution in [0.2, 0.25) is 0 Å². The van der Waals surface area contributed by atoms with Crippen molar-refractivity contribution >= 4 is 5.91 Å². The number of fused-ring (bicyclic) bond motifs is 1. The van der Waals surface area contributed by atoms with E-state index in [0.717, 1.165) is 56.1 Å². The molecular weight excluding hydrogens is 336 g/mol. The van der Waals surface area contributed by atoms with Gasteiger partial charge in [-0.05, 0) is 62.7 Å². The largest absolute Gasteiger partial charge is 0.348 e. The highest BCUT2D eigenvalue weighted by Crippen LogP contribution is 2.40. The van der Waals surface area contributed by atoms with Crippen LogP contribution in [0.1, 0.15) is 53.5 Å². The molecule has 2 aromatic rings. The van der Waals surface area contributed by atoms with Crippen LogP contribution in [0.15, 0.2) is 36.7 Å². The Hall–Kier alpha value is -2.14. The monoisotopic (exact) mass is 364 g/mol. The predicted octanol–water partition coefficient (Wildman–Crippen LogP) is 3.27. The number of H-pyrrole nitrogens is 1. The molecule has 1 N–H and O–H groups in total. The minimum absolute atomic E-state index is 0.107. The summed E-state index contributed by atoms with van der Waals surface area (Å²) in [6, 6.07) is 9.82. The number of hydrogen-bond donors (Lipinski definition) is 1. The average molecular weight is 364 g/mol. The van der Waals surface area contributed by atoms with Crippen LogP contribution in [0.3, 0.4) is 0 Å². The number of nitrogens with zero attached hydrogens (tertiary/aromatic N) is 3. The molecule has 0 radical (unpaired) electrons. The van der Waals surface area contributed by atoms with Crippen molar-refractivity contribution < 1.29 is 4.79 Å². The average Bonchev–Trinajstić information content (AvgIpc) is 3.40. The van der Waals surface area contributed by atoms with Crippen LogP contribution in [-0.2, 0) is 6.42 Å². The number of carbonyl (C=O) groups is 1. The molecule has 27 heavy (non-hydrogen) atoms. The summed E-state index contributed by atoms with van der Waals surface area (Å²) in [5, 5.41) is 0. The van der Waals surface area contributed by atoms with Gasteiger partial charge in [0.1, 0.15) is 0 Å². The Labute approximate surface area is 160 Å². The molecule has 1 aromatic heterocycles. The van der Waals surface area contributed by atoms with Crippen LogP contribution in [0, 0.1) is 11.8 Å². The van der Waals surface area contributed by atoms with Gasteiger partial charge in [-0.2, -0.15) is 0 Å². The first-order chi connectivity index (χ1) is 13.3. The predicted molar refractivity (Wildman–Crippen MR) is 104 cm³/mol. The summed E-state index contributed by atoms with van der Waals surface area (Å²) in [4.78, 5) is 26.0. The third-order valence-electron chi connectivity index (χ3n) is 6.54. The van der Waals surface area contributed by atoms with Crippen LogP contribution in [-0.4, -0.2) is 51.9 Å². The van der Waals surface area contributed by atoms with Gasteiger partial charge in [0.15, 0.2) is 0 Å². The standard InChI is InChI=1S/C22H28N4O/c27-22(18-4-2-1-3-5-18)26-13-10-19-20(24-15-23-19)21(26)17-8-11-25(12-9-17)14-16-6-7-16/h1-5,15-17,21H,6-14H2,(H,23,24). The molecule has 1 saturated carbocycles. The maximum Gasteiger partial charge on any atom is 0.254 e. The van der Waals surface area contributed by atoms with E-state index in [4.69, 9.17) is 0 Å². The Morgan fingerprint density at radius 2 is 1.85 bits per heavy atom. The lowest BCUT2D eigenvalue weighted by Gasteiger charge is -2.43. The molecule has 1 atom stereocenters. The van der Waals surface area contributed by atoms with E-state index in [2.05, 4.69) is 19.8 Å². The second-order valence-electron chi connectivity index (χ2n) is 8.41. The summed E-state index contributed by atoms with van der Waals surface area (Å²) < 4.78 is 0. The smallest absolute Gasteiger partial charge is 0.254 e. The van der Waals surface area contributed by atoms with Crippen LogP contribution in [0.25, 0.3) is 0 Å². The molecule has 5 nitrogen and oxygen atoms in total. The van der Waals surface area contributed by atoms with Crippen molar-refractivity contribution in [1.29, 1.82) is 0 Å². The lowest BCUT2D eigenvalue weighted by molar-refractivity contribution is 0.0468. The minimum atomic E-state index is 0.107. The molecule has 0 bridgehead atoms. The molecule has 1 amide bonds. The number of benzene rings is 1. The van der Waals surface area contributed by atoms with Gasteiger partial charge < -0.3 is 14.8 Å². The third-order valence-corrected chi connectivity index (χ3v) is 6.54. The van der Waals surface area contributed by atoms with Crippen molar-refractivity contribution in [3.8, 4) is 0 Å². The molecule has 1 unspecified atom stereocenters. The van der Waals surface area contributed by atoms with E-state index in [0.29, 0.717) is 5.92 Å². The molecule has 0 spiro atoms. The van der Waals surface area contributed by atoms with Crippen molar-refractivity contribution in [3.05, 3.63) is 53.6 Å². The number of rotatable bonds is 4. The zero-order chi connectivity index (χ0) is 18.2. The molecule has 3 heterocycles. The maximum absolute atomic E-state index is 13.3. The Morgan fingerprint density at radius 3 is 2.59 bits per heavy atom. The topological polar surface area (TPSA) is 52.2 Å². The van der Waals surface area contributed by atoms with Gasteiger partial charge in [-0.25, -0.2) is 4.98 Å². The van der Waals surface area contributed by atoms with E-state index in [1.165, 1.54) is 25.1 Å². The molecule has 142 valence electrons. The second-order valence-corrected chi connectivity index (χ2v) is 8.41. The van der Waals surface area contributed by atoms with Gasteiger partial charge in [-0.15, -0.1) is 0 Å². The number of aromatic nitrogens is 2. The van der Waals surface area contributed by atoms with Crippen LogP contribution in [0.4, 0.5) is 0 Å². The first kappa shape index (κ1) is 17.0. The molecule has 2 aliphatic heterocycles. The molecule has 1 aliphatic carbocycles. The van der Waals surface area contributed by atoms with Gasteiger partial charge in [0.2, 0.25) is 0 Å². The first-order valence-corrected chi connectivity index (χ1v) is 10.4. The fraction of sp³-hybridized carbons (Fsp3) is 0.545. The summed E-state index contributed by atoms with van der Waals surface area (Å²) in [7, 11) is 0. The Balaban J connectivity index is 1.37. The number of hydrogen-bond acceptors (Lipinski definition) is 3. The normalized spacial score (nSPS) is 24.0. The fourth-order valence-corrected chi connectivity index (χ4v) is 4.87. The summed E-state index contributed by atoms with van der Waals surface area (Å²) in [5.74, 6) is 1.59. The zero-order valence-electron chi connectivity index (χ0n) is 15.8. The highest BCUT2D eigenvalue weighted by molar-refractivity contribution is 5.94.